The first-order chi connectivity index (χ1) is 13.1. The Balaban J connectivity index is 1.57. The maximum Gasteiger partial charge on any atom is 0.273 e. The van der Waals surface area contributed by atoms with Crippen molar-refractivity contribution in [2.45, 2.75) is 13.5 Å². The number of nitrogens with one attached hydrogen (secondary N) is 1. The van der Waals surface area contributed by atoms with Gasteiger partial charge < -0.3 is 15.5 Å². The van der Waals surface area contributed by atoms with Crippen LogP contribution in [0.1, 0.15) is 21.7 Å². The number of nitrogens with zero attached hydrogens (tertiary/aromatic N) is 4. The Morgan fingerprint density at radius 3 is 2.93 bits per heavy atom. The van der Waals surface area contributed by atoms with Gasteiger partial charge in [0.2, 0.25) is 5.89 Å². The van der Waals surface area contributed by atoms with Crippen molar-refractivity contribution in [2.75, 3.05) is 5.73 Å². The first-order valence-corrected chi connectivity index (χ1v) is 8.27. The first-order valence-electron chi connectivity index (χ1n) is 8.27. The third-order valence-corrected chi connectivity index (χ3v) is 4.16. The summed E-state index contributed by atoms with van der Waals surface area (Å²) in [7, 11) is 0. The zero-order valence-electron chi connectivity index (χ0n) is 14.5. The summed E-state index contributed by atoms with van der Waals surface area (Å²) in [5, 5.41) is 4.88. The molecule has 0 aliphatic heterocycles. The minimum absolute atomic E-state index is 0.0193. The van der Waals surface area contributed by atoms with Crippen molar-refractivity contribution in [2.24, 2.45) is 0 Å². The van der Waals surface area contributed by atoms with E-state index >= 15 is 0 Å². The average molecular weight is 360 g/mol. The number of hydrogen-bond acceptors (Lipinski definition) is 7. The van der Waals surface area contributed by atoms with E-state index in [1.807, 2.05) is 24.3 Å². The summed E-state index contributed by atoms with van der Waals surface area (Å²) in [5.41, 5.74) is 7.88. The lowest BCUT2D eigenvalue weighted by Gasteiger charge is -2.10. The number of fused-ring (bicyclic) bond motifs is 1. The number of aryl methyl sites for hydroxylation is 1. The van der Waals surface area contributed by atoms with Crippen molar-refractivity contribution in [1.29, 1.82) is 0 Å². The molecule has 4 rings (SSSR count). The highest BCUT2D eigenvalue weighted by molar-refractivity contribution is 5.97. The summed E-state index contributed by atoms with van der Waals surface area (Å²) in [6.07, 6.45) is 6.46. The van der Waals surface area contributed by atoms with Crippen LogP contribution in [0.5, 0.6) is 0 Å². The number of carbonyl (C=O) groups excluding carboxylic acids is 1. The molecule has 0 fully saturated rings. The normalized spacial score (nSPS) is 10.9. The van der Waals surface area contributed by atoms with Gasteiger partial charge >= 0.3 is 0 Å². The molecule has 3 aromatic heterocycles. The lowest BCUT2D eigenvalue weighted by Crippen LogP contribution is -2.26. The minimum atomic E-state index is -0.400. The Morgan fingerprint density at radius 2 is 2.11 bits per heavy atom. The molecule has 0 unspecified atom stereocenters. The van der Waals surface area contributed by atoms with Gasteiger partial charge in [0.25, 0.3) is 5.91 Å². The van der Waals surface area contributed by atoms with E-state index in [0.717, 1.165) is 16.3 Å². The van der Waals surface area contributed by atoms with Crippen LogP contribution in [0, 0.1) is 6.92 Å². The van der Waals surface area contributed by atoms with Crippen LogP contribution < -0.4 is 11.1 Å². The second-order valence-electron chi connectivity index (χ2n) is 5.93. The molecule has 0 radical (unpaired) electrons. The van der Waals surface area contributed by atoms with Crippen LogP contribution in [-0.4, -0.2) is 25.8 Å². The Kier molecular flexibility index (Phi) is 4.21. The van der Waals surface area contributed by atoms with Crippen molar-refractivity contribution >= 4 is 22.5 Å². The SMILES string of the molecule is Cc1nc(C(=O)NCc2cccc3ccncc23)c(N)nc1-c1ncco1. The Morgan fingerprint density at radius 1 is 1.22 bits per heavy atom. The van der Waals surface area contributed by atoms with Crippen LogP contribution in [0.4, 0.5) is 5.82 Å². The monoisotopic (exact) mass is 360 g/mol. The van der Waals surface area contributed by atoms with E-state index in [4.69, 9.17) is 10.2 Å². The molecule has 0 atom stereocenters. The van der Waals surface area contributed by atoms with Gasteiger partial charge in [-0.3, -0.25) is 9.78 Å². The van der Waals surface area contributed by atoms with Gasteiger partial charge in [-0.05, 0) is 23.9 Å². The second-order valence-corrected chi connectivity index (χ2v) is 5.93. The van der Waals surface area contributed by atoms with Crippen LogP contribution in [-0.2, 0) is 6.54 Å². The van der Waals surface area contributed by atoms with Gasteiger partial charge in [-0.2, -0.15) is 0 Å². The minimum Gasteiger partial charge on any atom is -0.443 e. The fraction of sp³-hybridized carbons (Fsp3) is 0.105. The van der Waals surface area contributed by atoms with E-state index in [1.165, 1.54) is 12.5 Å². The molecule has 134 valence electrons. The van der Waals surface area contributed by atoms with E-state index in [9.17, 15) is 4.79 Å². The smallest absolute Gasteiger partial charge is 0.273 e. The number of benzene rings is 1. The first kappa shape index (κ1) is 16.6. The van der Waals surface area contributed by atoms with Gasteiger partial charge in [-0.1, -0.05) is 18.2 Å². The van der Waals surface area contributed by atoms with Crippen LogP contribution in [0.2, 0.25) is 0 Å². The summed E-state index contributed by atoms with van der Waals surface area (Å²) in [6, 6.07) is 7.80. The van der Waals surface area contributed by atoms with Crippen LogP contribution in [0.15, 0.2) is 53.5 Å². The molecule has 8 heteroatoms. The predicted octanol–water partition coefficient (Wildman–Crippen LogP) is 2.50. The number of carbonyl (C=O) groups is 1. The molecule has 0 saturated heterocycles. The molecule has 0 aliphatic carbocycles. The second kappa shape index (κ2) is 6.83. The number of aromatic nitrogens is 4. The molecule has 4 aromatic rings. The Hall–Kier alpha value is -3.81. The Labute approximate surface area is 154 Å². The van der Waals surface area contributed by atoms with Gasteiger partial charge in [0.15, 0.2) is 11.5 Å². The van der Waals surface area contributed by atoms with E-state index in [0.29, 0.717) is 23.8 Å². The van der Waals surface area contributed by atoms with Gasteiger partial charge in [0.05, 0.1) is 11.9 Å². The van der Waals surface area contributed by atoms with Crippen molar-refractivity contribution in [1.82, 2.24) is 25.3 Å². The molecular weight excluding hydrogens is 344 g/mol. The number of nitrogens with two attached hydrogens (primary N) is 1. The van der Waals surface area contributed by atoms with Crippen LogP contribution >= 0.6 is 0 Å². The number of pyridine rings is 1. The zero-order chi connectivity index (χ0) is 18.8. The average Bonchev–Trinajstić information content (AvgIpc) is 3.22. The van der Waals surface area contributed by atoms with Gasteiger partial charge in [0, 0.05) is 24.3 Å². The third kappa shape index (κ3) is 3.20. The highest BCUT2D eigenvalue weighted by Gasteiger charge is 2.18. The summed E-state index contributed by atoms with van der Waals surface area (Å²) in [6.45, 7) is 2.04. The van der Waals surface area contributed by atoms with Crippen molar-refractivity contribution < 1.29 is 9.21 Å². The van der Waals surface area contributed by atoms with Gasteiger partial charge in [0.1, 0.15) is 12.0 Å². The topological polar surface area (TPSA) is 120 Å². The maximum atomic E-state index is 12.6. The summed E-state index contributed by atoms with van der Waals surface area (Å²) >= 11 is 0. The molecule has 0 saturated carbocycles. The van der Waals surface area contributed by atoms with Crippen molar-refractivity contribution in [3.05, 3.63) is 66.1 Å². The fourth-order valence-corrected chi connectivity index (χ4v) is 2.83. The molecule has 8 nitrogen and oxygen atoms in total. The number of amides is 1. The number of oxazole rings is 1. The summed E-state index contributed by atoms with van der Waals surface area (Å²) in [4.78, 5) is 29.3. The van der Waals surface area contributed by atoms with E-state index in [2.05, 4.69) is 25.3 Å². The largest absolute Gasteiger partial charge is 0.443 e. The van der Waals surface area contributed by atoms with Crippen LogP contribution in [0.3, 0.4) is 0 Å². The van der Waals surface area contributed by atoms with Crippen LogP contribution in [0.25, 0.3) is 22.4 Å². The molecule has 0 aliphatic rings. The third-order valence-electron chi connectivity index (χ3n) is 4.16. The van der Waals surface area contributed by atoms with Crippen molar-refractivity contribution in [3.63, 3.8) is 0 Å². The number of nitrogen functional groups attached to an aromatic ring is 1. The summed E-state index contributed by atoms with van der Waals surface area (Å²) < 4.78 is 5.23. The van der Waals surface area contributed by atoms with E-state index < -0.39 is 5.91 Å². The highest BCUT2D eigenvalue weighted by Crippen LogP contribution is 2.21. The molecule has 1 amide bonds. The van der Waals surface area contributed by atoms with E-state index in [-0.39, 0.29) is 11.5 Å². The number of rotatable bonds is 4. The maximum absolute atomic E-state index is 12.6. The van der Waals surface area contributed by atoms with Gasteiger partial charge in [-0.15, -0.1) is 0 Å². The molecule has 27 heavy (non-hydrogen) atoms. The molecule has 3 N–H and O–H groups in total. The highest BCUT2D eigenvalue weighted by atomic mass is 16.3. The number of hydrogen-bond donors (Lipinski definition) is 2. The van der Waals surface area contributed by atoms with E-state index in [1.54, 1.807) is 19.3 Å². The Bertz CT molecular complexity index is 1120. The molecule has 1 aromatic carbocycles. The molecule has 0 bridgehead atoms. The summed E-state index contributed by atoms with van der Waals surface area (Å²) in [5.74, 6) is -0.0734. The van der Waals surface area contributed by atoms with Gasteiger partial charge in [-0.25, -0.2) is 15.0 Å². The predicted molar refractivity (Wildman–Crippen MR) is 99.6 cm³/mol. The number of anilines is 1. The molecule has 3 heterocycles. The van der Waals surface area contributed by atoms with Crippen molar-refractivity contribution in [3.8, 4) is 11.6 Å². The zero-order valence-corrected chi connectivity index (χ0v) is 14.5. The lowest BCUT2D eigenvalue weighted by atomic mass is 10.1. The quantitative estimate of drug-likeness (QED) is 0.573. The standard InChI is InChI=1S/C19H16N6O2/c1-11-15(19-22-7-8-27-19)25-17(20)16(24-11)18(26)23-9-13-4-2-3-12-5-6-21-10-14(12)13/h2-8,10H,9H2,1H3,(H2,20,25)(H,23,26). The molecular formula is C19H16N6O2. The molecule has 0 spiro atoms. The lowest BCUT2D eigenvalue weighted by molar-refractivity contribution is 0.0946. The fourth-order valence-electron chi connectivity index (χ4n) is 2.83.